The Kier molecular flexibility index (Phi) is 4.24. The summed E-state index contributed by atoms with van der Waals surface area (Å²) in [5.74, 6) is 0.192. The minimum absolute atomic E-state index is 0.0407. The fourth-order valence-corrected chi connectivity index (χ4v) is 3.20. The molecular formula is C18H21N3O4. The van der Waals surface area contributed by atoms with Crippen LogP contribution in [0.25, 0.3) is 0 Å². The number of nitrogens with zero attached hydrogens (tertiary/aromatic N) is 2. The molecule has 1 atom stereocenters. The van der Waals surface area contributed by atoms with E-state index in [9.17, 15) is 14.4 Å². The second-order valence-corrected chi connectivity index (χ2v) is 6.48. The first-order valence-electron chi connectivity index (χ1n) is 8.16. The summed E-state index contributed by atoms with van der Waals surface area (Å²) in [6.07, 6.45) is 0.0832. The van der Waals surface area contributed by atoms with Crippen LogP contribution in [0.5, 0.6) is 5.75 Å². The lowest BCUT2D eigenvalue weighted by molar-refractivity contribution is -0.116. The number of fused-ring (bicyclic) bond motifs is 1. The molecule has 3 rings (SSSR count). The van der Waals surface area contributed by atoms with E-state index < -0.39 is 17.2 Å². The number of nitrogens with one attached hydrogen (secondary N) is 1. The first kappa shape index (κ1) is 17.0. The summed E-state index contributed by atoms with van der Waals surface area (Å²) in [6, 6.07) is 7.38. The van der Waals surface area contributed by atoms with E-state index in [-0.39, 0.29) is 24.2 Å². The van der Waals surface area contributed by atoms with Crippen molar-refractivity contribution in [2.24, 2.45) is 14.1 Å². The highest BCUT2D eigenvalue weighted by molar-refractivity contribution is 5.94. The number of aromatic nitrogens is 2. The Bertz CT molecular complexity index is 956. The van der Waals surface area contributed by atoms with Gasteiger partial charge in [0.1, 0.15) is 11.6 Å². The highest BCUT2D eigenvalue weighted by Gasteiger charge is 2.33. The SMILES string of the molecule is CC(C)Oc1ccccc1[C@H]1CC(=O)Nc2c1c(=O)n(C)c(=O)n2C. The van der Waals surface area contributed by atoms with Gasteiger partial charge in [0.25, 0.3) is 5.56 Å². The zero-order chi connectivity index (χ0) is 18.3. The van der Waals surface area contributed by atoms with E-state index in [0.717, 1.165) is 10.1 Å². The molecule has 25 heavy (non-hydrogen) atoms. The number of carbonyl (C=O) groups is 1. The van der Waals surface area contributed by atoms with Crippen LogP contribution in [0.15, 0.2) is 33.9 Å². The van der Waals surface area contributed by atoms with E-state index in [1.54, 1.807) is 7.05 Å². The molecule has 7 heteroatoms. The largest absolute Gasteiger partial charge is 0.491 e. The van der Waals surface area contributed by atoms with Crippen LogP contribution in [-0.2, 0) is 18.9 Å². The smallest absolute Gasteiger partial charge is 0.332 e. The molecular weight excluding hydrogens is 322 g/mol. The summed E-state index contributed by atoms with van der Waals surface area (Å²) in [5.41, 5.74) is 0.297. The van der Waals surface area contributed by atoms with Crippen molar-refractivity contribution >= 4 is 11.7 Å². The number of carbonyl (C=O) groups excluding carboxylic acids is 1. The molecule has 0 fully saturated rings. The fraction of sp³-hybridized carbons (Fsp3) is 0.389. The van der Waals surface area contributed by atoms with Crippen molar-refractivity contribution in [3.63, 3.8) is 0 Å². The minimum Gasteiger partial charge on any atom is -0.491 e. The predicted octanol–water partition coefficient (Wildman–Crippen LogP) is 1.35. The Balaban J connectivity index is 2.27. The van der Waals surface area contributed by atoms with Gasteiger partial charge >= 0.3 is 5.69 Å². The van der Waals surface area contributed by atoms with Gasteiger partial charge in [0.2, 0.25) is 5.91 Å². The summed E-state index contributed by atoms with van der Waals surface area (Å²) in [7, 11) is 2.98. The average Bonchev–Trinajstić information content (AvgIpc) is 2.57. The molecule has 1 amide bonds. The van der Waals surface area contributed by atoms with Crippen molar-refractivity contribution in [1.29, 1.82) is 0 Å². The van der Waals surface area contributed by atoms with Crippen molar-refractivity contribution < 1.29 is 9.53 Å². The second kappa shape index (κ2) is 6.23. The van der Waals surface area contributed by atoms with Crippen LogP contribution < -0.4 is 21.3 Å². The van der Waals surface area contributed by atoms with Gasteiger partial charge in [-0.05, 0) is 19.9 Å². The van der Waals surface area contributed by atoms with Gasteiger partial charge in [-0.15, -0.1) is 0 Å². The van der Waals surface area contributed by atoms with Crippen molar-refractivity contribution in [3.05, 3.63) is 56.2 Å². The van der Waals surface area contributed by atoms with Crippen LogP contribution in [0.1, 0.15) is 37.3 Å². The fourth-order valence-electron chi connectivity index (χ4n) is 3.20. The third-order valence-electron chi connectivity index (χ3n) is 4.35. The molecule has 1 aromatic carbocycles. The van der Waals surface area contributed by atoms with Gasteiger partial charge in [0.05, 0.1) is 11.7 Å². The van der Waals surface area contributed by atoms with Crippen LogP contribution in [0.4, 0.5) is 5.82 Å². The van der Waals surface area contributed by atoms with Gasteiger partial charge in [-0.2, -0.15) is 0 Å². The monoisotopic (exact) mass is 343 g/mol. The summed E-state index contributed by atoms with van der Waals surface area (Å²) in [5, 5.41) is 2.67. The average molecular weight is 343 g/mol. The van der Waals surface area contributed by atoms with E-state index >= 15 is 0 Å². The highest BCUT2D eigenvalue weighted by atomic mass is 16.5. The molecule has 2 aromatic rings. The topological polar surface area (TPSA) is 82.3 Å². The Morgan fingerprint density at radius 1 is 1.12 bits per heavy atom. The number of para-hydroxylation sites is 1. The quantitative estimate of drug-likeness (QED) is 0.912. The Morgan fingerprint density at radius 2 is 1.80 bits per heavy atom. The third kappa shape index (κ3) is 2.86. The van der Waals surface area contributed by atoms with Gasteiger partial charge < -0.3 is 10.1 Å². The van der Waals surface area contributed by atoms with Gasteiger partial charge in [0, 0.05) is 32.0 Å². The number of ether oxygens (including phenoxy) is 1. The molecule has 1 aliphatic heterocycles. The van der Waals surface area contributed by atoms with E-state index in [4.69, 9.17) is 4.74 Å². The standard InChI is InChI=1S/C18H21N3O4/c1-10(2)25-13-8-6-5-7-11(13)12-9-14(22)19-16-15(12)17(23)21(4)18(24)20(16)3/h5-8,10,12H,9H2,1-4H3,(H,19,22)/t12-/m1/s1. The summed E-state index contributed by atoms with van der Waals surface area (Å²) in [6.45, 7) is 3.84. The lowest BCUT2D eigenvalue weighted by atomic mass is 9.86. The van der Waals surface area contributed by atoms with Crippen LogP contribution >= 0.6 is 0 Å². The lowest BCUT2D eigenvalue weighted by Gasteiger charge is -2.28. The summed E-state index contributed by atoms with van der Waals surface area (Å²) in [4.78, 5) is 37.2. The molecule has 0 aliphatic carbocycles. The number of amides is 1. The number of anilines is 1. The van der Waals surface area contributed by atoms with E-state index in [0.29, 0.717) is 11.3 Å². The highest BCUT2D eigenvalue weighted by Crippen LogP contribution is 2.38. The molecule has 7 nitrogen and oxygen atoms in total. The Hall–Kier alpha value is -2.83. The van der Waals surface area contributed by atoms with Crippen molar-refractivity contribution in [2.45, 2.75) is 32.3 Å². The molecule has 0 saturated heterocycles. The van der Waals surface area contributed by atoms with Crippen LogP contribution in [0.3, 0.4) is 0 Å². The van der Waals surface area contributed by atoms with Crippen LogP contribution in [0, 0.1) is 0 Å². The third-order valence-corrected chi connectivity index (χ3v) is 4.35. The summed E-state index contributed by atoms with van der Waals surface area (Å²) < 4.78 is 8.23. The maximum Gasteiger partial charge on any atom is 0.332 e. The molecule has 1 N–H and O–H groups in total. The van der Waals surface area contributed by atoms with Gasteiger partial charge in [0.15, 0.2) is 0 Å². The first-order valence-corrected chi connectivity index (χ1v) is 8.16. The van der Waals surface area contributed by atoms with Gasteiger partial charge in [-0.1, -0.05) is 18.2 Å². The maximum absolute atomic E-state index is 12.8. The Labute approximate surface area is 144 Å². The van der Waals surface area contributed by atoms with E-state index in [2.05, 4.69) is 5.32 Å². The molecule has 0 unspecified atom stereocenters. The molecule has 0 saturated carbocycles. The van der Waals surface area contributed by atoms with Crippen LogP contribution in [0.2, 0.25) is 0 Å². The van der Waals surface area contributed by atoms with Gasteiger partial charge in [-0.25, -0.2) is 4.79 Å². The predicted molar refractivity (Wildman–Crippen MR) is 94.2 cm³/mol. The van der Waals surface area contributed by atoms with Crippen molar-refractivity contribution in [1.82, 2.24) is 9.13 Å². The zero-order valence-electron chi connectivity index (χ0n) is 14.7. The molecule has 2 heterocycles. The number of rotatable bonds is 3. The lowest BCUT2D eigenvalue weighted by Crippen LogP contribution is -2.44. The van der Waals surface area contributed by atoms with E-state index in [1.807, 2.05) is 38.1 Å². The molecule has 132 valence electrons. The first-order chi connectivity index (χ1) is 11.8. The molecule has 0 bridgehead atoms. The summed E-state index contributed by atoms with van der Waals surface area (Å²) >= 11 is 0. The van der Waals surface area contributed by atoms with Crippen molar-refractivity contribution in [2.75, 3.05) is 5.32 Å². The molecule has 1 aliphatic rings. The molecule has 1 aromatic heterocycles. The number of hydrogen-bond donors (Lipinski definition) is 1. The minimum atomic E-state index is -0.476. The van der Waals surface area contributed by atoms with Crippen molar-refractivity contribution in [3.8, 4) is 5.75 Å². The zero-order valence-corrected chi connectivity index (χ0v) is 14.7. The second-order valence-electron chi connectivity index (χ2n) is 6.48. The molecule has 0 spiro atoms. The van der Waals surface area contributed by atoms with Gasteiger partial charge in [-0.3, -0.25) is 18.7 Å². The van der Waals surface area contributed by atoms with Crippen LogP contribution in [-0.4, -0.2) is 21.1 Å². The Morgan fingerprint density at radius 3 is 2.48 bits per heavy atom. The number of hydrogen-bond acceptors (Lipinski definition) is 4. The normalized spacial score (nSPS) is 16.5. The molecule has 0 radical (unpaired) electrons. The van der Waals surface area contributed by atoms with E-state index in [1.165, 1.54) is 11.6 Å². The number of benzene rings is 1. The maximum atomic E-state index is 12.8.